The van der Waals surface area contributed by atoms with Gasteiger partial charge in [-0.25, -0.2) is 15.0 Å². The summed E-state index contributed by atoms with van der Waals surface area (Å²) < 4.78 is 49.8. The Hall–Kier alpha value is -3.35. The fraction of sp³-hybridized carbons (Fsp3) is 0.481. The van der Waals surface area contributed by atoms with Gasteiger partial charge in [-0.2, -0.15) is 13.2 Å². The lowest BCUT2D eigenvalue weighted by Crippen LogP contribution is -2.44. The van der Waals surface area contributed by atoms with E-state index < -0.39 is 18.0 Å². The molecule has 2 aromatic heterocycles. The number of methoxy groups -OCH3 is 1. The summed E-state index contributed by atoms with van der Waals surface area (Å²) in [5.74, 6) is -0.617. The highest BCUT2D eigenvalue weighted by molar-refractivity contribution is 6.06. The van der Waals surface area contributed by atoms with Crippen molar-refractivity contribution in [2.75, 3.05) is 57.9 Å². The van der Waals surface area contributed by atoms with Crippen LogP contribution < -0.4 is 10.2 Å². The molecular weight excluding hydrogens is 513 g/mol. The lowest BCUT2D eigenvalue weighted by atomic mass is 10.1. The number of hydrogen-bond acceptors (Lipinski definition) is 8. The number of alkyl halides is 3. The summed E-state index contributed by atoms with van der Waals surface area (Å²) in [6, 6.07) is 8.87. The topological polar surface area (TPSA) is 92.7 Å². The summed E-state index contributed by atoms with van der Waals surface area (Å²) in [5, 5.41) is 3.70. The Bertz CT molecular complexity index is 1280. The molecule has 39 heavy (non-hydrogen) atoms. The number of aromatic nitrogens is 3. The molecular formula is C27H31F3N6O3. The van der Waals surface area contributed by atoms with Crippen molar-refractivity contribution in [1.29, 1.82) is 0 Å². The molecule has 2 saturated heterocycles. The van der Waals surface area contributed by atoms with E-state index in [1.54, 1.807) is 19.2 Å². The Labute approximate surface area is 224 Å². The molecule has 2 aliphatic heterocycles. The highest BCUT2D eigenvalue weighted by Gasteiger charge is 2.35. The lowest BCUT2D eigenvalue weighted by Gasteiger charge is -2.34. The number of carbonyl (C=O) groups excluding carboxylic acids is 1. The van der Waals surface area contributed by atoms with E-state index >= 15 is 0 Å². The zero-order valence-electron chi connectivity index (χ0n) is 21.7. The third kappa shape index (κ3) is 6.29. The van der Waals surface area contributed by atoms with Gasteiger partial charge in [-0.05, 0) is 37.1 Å². The molecule has 0 aliphatic carbocycles. The van der Waals surface area contributed by atoms with E-state index in [1.165, 1.54) is 12.4 Å². The zero-order chi connectivity index (χ0) is 27.4. The second-order valence-corrected chi connectivity index (χ2v) is 9.68. The van der Waals surface area contributed by atoms with Crippen LogP contribution in [-0.2, 0) is 15.7 Å². The Balaban J connectivity index is 1.32. The molecule has 1 atom stereocenters. The highest BCUT2D eigenvalue weighted by atomic mass is 19.4. The van der Waals surface area contributed by atoms with Gasteiger partial charge in [0.15, 0.2) is 0 Å². The van der Waals surface area contributed by atoms with Crippen molar-refractivity contribution >= 4 is 22.6 Å². The average Bonchev–Trinajstić information content (AvgIpc) is 2.97. The van der Waals surface area contributed by atoms with Gasteiger partial charge in [-0.1, -0.05) is 6.07 Å². The predicted molar refractivity (Wildman–Crippen MR) is 138 cm³/mol. The third-order valence-corrected chi connectivity index (χ3v) is 7.31. The Morgan fingerprint density at radius 2 is 1.82 bits per heavy atom. The molecule has 2 fully saturated rings. The first-order valence-corrected chi connectivity index (χ1v) is 13.0. The number of pyridine rings is 1. The smallest absolute Gasteiger partial charge is 0.381 e. The number of morpholine rings is 1. The van der Waals surface area contributed by atoms with Gasteiger partial charge < -0.3 is 19.7 Å². The lowest BCUT2D eigenvalue weighted by molar-refractivity contribution is -0.145. The largest absolute Gasteiger partial charge is 0.451 e. The summed E-state index contributed by atoms with van der Waals surface area (Å²) in [6.45, 7) is 4.01. The SMILES string of the molecule is COC1CCN(c2ccc3c(C(=O)NCC(c4cnc(C(F)(F)F)nc4)N4CCOCC4)cccc3n2)CC1. The van der Waals surface area contributed by atoms with E-state index in [4.69, 9.17) is 14.5 Å². The quantitative estimate of drug-likeness (QED) is 0.484. The standard InChI is InChI=1S/C27H31F3N6O3/c1-38-19-7-9-36(10-8-19)24-6-5-20-21(3-2-4-22(20)34-24)25(37)31-17-23(35-11-13-39-14-12-35)18-15-32-26(33-16-18)27(28,29)30/h2-6,15-16,19,23H,7-14,17H2,1H3,(H,31,37). The summed E-state index contributed by atoms with van der Waals surface area (Å²) in [4.78, 5) is 29.5. The van der Waals surface area contributed by atoms with E-state index in [-0.39, 0.29) is 18.6 Å². The summed E-state index contributed by atoms with van der Waals surface area (Å²) >= 11 is 0. The average molecular weight is 545 g/mol. The van der Waals surface area contributed by atoms with Gasteiger partial charge in [0.2, 0.25) is 5.82 Å². The van der Waals surface area contributed by atoms with Crippen molar-refractivity contribution < 1.29 is 27.4 Å². The van der Waals surface area contributed by atoms with Gasteiger partial charge in [-0.15, -0.1) is 0 Å². The number of nitrogens with zero attached hydrogens (tertiary/aromatic N) is 5. The van der Waals surface area contributed by atoms with Gasteiger partial charge in [0.05, 0.1) is 30.9 Å². The van der Waals surface area contributed by atoms with Crippen LogP contribution >= 0.6 is 0 Å². The van der Waals surface area contributed by atoms with Crippen molar-refractivity contribution in [2.24, 2.45) is 0 Å². The van der Waals surface area contributed by atoms with Crippen molar-refractivity contribution in [3.8, 4) is 0 Å². The number of amides is 1. The molecule has 1 N–H and O–H groups in total. The summed E-state index contributed by atoms with van der Waals surface area (Å²) in [6.07, 6.45) is -0.113. The third-order valence-electron chi connectivity index (χ3n) is 7.31. The first-order valence-electron chi connectivity index (χ1n) is 13.0. The van der Waals surface area contributed by atoms with Gasteiger partial charge in [-0.3, -0.25) is 9.69 Å². The maximum absolute atomic E-state index is 13.3. The minimum atomic E-state index is -4.62. The molecule has 0 bridgehead atoms. The maximum Gasteiger partial charge on any atom is 0.451 e. The van der Waals surface area contributed by atoms with Crippen LogP contribution in [0.2, 0.25) is 0 Å². The number of piperidine rings is 1. The summed E-state index contributed by atoms with van der Waals surface area (Å²) in [7, 11) is 1.74. The molecule has 208 valence electrons. The Morgan fingerprint density at radius 1 is 1.10 bits per heavy atom. The van der Waals surface area contributed by atoms with Gasteiger partial charge in [0.1, 0.15) is 5.82 Å². The van der Waals surface area contributed by atoms with Crippen LogP contribution in [0.1, 0.15) is 40.6 Å². The van der Waals surface area contributed by atoms with E-state index in [9.17, 15) is 18.0 Å². The molecule has 2 aliphatic rings. The molecule has 3 aromatic rings. The Morgan fingerprint density at radius 3 is 2.49 bits per heavy atom. The first kappa shape index (κ1) is 27.2. The minimum absolute atomic E-state index is 0.171. The van der Waals surface area contributed by atoms with E-state index in [2.05, 4.69) is 25.1 Å². The second-order valence-electron chi connectivity index (χ2n) is 9.68. The van der Waals surface area contributed by atoms with E-state index in [0.717, 1.165) is 42.7 Å². The number of hydrogen-bond donors (Lipinski definition) is 1. The van der Waals surface area contributed by atoms with Crippen LogP contribution in [0.3, 0.4) is 0 Å². The fourth-order valence-corrected chi connectivity index (χ4v) is 5.13. The van der Waals surface area contributed by atoms with Gasteiger partial charge in [0.25, 0.3) is 5.91 Å². The monoisotopic (exact) mass is 544 g/mol. The zero-order valence-corrected chi connectivity index (χ0v) is 21.7. The van der Waals surface area contributed by atoms with E-state index in [1.807, 2.05) is 18.2 Å². The normalized spacial score (nSPS) is 18.3. The van der Waals surface area contributed by atoms with E-state index in [0.29, 0.717) is 37.4 Å². The second kappa shape index (κ2) is 11.8. The van der Waals surface area contributed by atoms with Crippen LogP contribution in [0.5, 0.6) is 0 Å². The molecule has 9 nitrogen and oxygen atoms in total. The molecule has 0 spiro atoms. The van der Waals surface area contributed by atoms with Crippen molar-refractivity contribution in [3.05, 3.63) is 59.7 Å². The predicted octanol–water partition coefficient (Wildman–Crippen LogP) is 3.46. The van der Waals surface area contributed by atoms with Crippen LogP contribution in [0.15, 0.2) is 42.7 Å². The molecule has 0 saturated carbocycles. The molecule has 1 amide bonds. The first-order chi connectivity index (χ1) is 18.8. The van der Waals surface area contributed by atoms with Crippen LogP contribution in [0, 0.1) is 0 Å². The van der Waals surface area contributed by atoms with Crippen LogP contribution in [0.25, 0.3) is 10.9 Å². The number of halogens is 3. The number of benzene rings is 1. The summed E-state index contributed by atoms with van der Waals surface area (Å²) in [5.41, 5.74) is 1.69. The number of anilines is 1. The molecule has 12 heteroatoms. The fourth-order valence-electron chi connectivity index (χ4n) is 5.13. The highest BCUT2D eigenvalue weighted by Crippen LogP contribution is 2.28. The van der Waals surface area contributed by atoms with Crippen molar-refractivity contribution in [3.63, 3.8) is 0 Å². The van der Waals surface area contributed by atoms with Crippen LogP contribution in [-0.4, -0.2) is 84.9 Å². The molecule has 4 heterocycles. The molecule has 0 radical (unpaired) electrons. The van der Waals surface area contributed by atoms with Crippen molar-refractivity contribution in [2.45, 2.75) is 31.2 Å². The number of rotatable bonds is 7. The number of nitrogens with one attached hydrogen (secondary N) is 1. The molecule has 5 rings (SSSR count). The van der Waals surface area contributed by atoms with Gasteiger partial charge in [0, 0.05) is 68.7 Å². The number of carbonyl (C=O) groups is 1. The number of fused-ring (bicyclic) bond motifs is 1. The maximum atomic E-state index is 13.3. The van der Waals surface area contributed by atoms with Crippen molar-refractivity contribution in [1.82, 2.24) is 25.2 Å². The minimum Gasteiger partial charge on any atom is -0.381 e. The Kier molecular flexibility index (Phi) is 8.24. The van der Waals surface area contributed by atoms with Gasteiger partial charge >= 0.3 is 6.18 Å². The molecule has 1 unspecified atom stereocenters. The van der Waals surface area contributed by atoms with Crippen LogP contribution in [0.4, 0.5) is 19.0 Å². The number of ether oxygens (including phenoxy) is 2. The molecule has 1 aromatic carbocycles.